The second-order valence-electron chi connectivity index (χ2n) is 5.32. The average Bonchev–Trinajstić information content (AvgIpc) is 2.65. The Morgan fingerprint density at radius 1 is 1.00 bits per heavy atom. The number of aromatic nitrogens is 1. The van der Waals surface area contributed by atoms with Crippen LogP contribution in [0.15, 0.2) is 65.6 Å². The summed E-state index contributed by atoms with van der Waals surface area (Å²) >= 11 is 0. The summed E-state index contributed by atoms with van der Waals surface area (Å²) in [5.74, 6) is 0. The minimum absolute atomic E-state index is 0.218. The molecule has 0 aliphatic heterocycles. The Balaban J connectivity index is 1.69. The highest BCUT2D eigenvalue weighted by atomic mass is 32.2. The lowest BCUT2D eigenvalue weighted by Crippen LogP contribution is -2.28. The maximum absolute atomic E-state index is 12.2. The third-order valence-electron chi connectivity index (χ3n) is 3.62. The van der Waals surface area contributed by atoms with Gasteiger partial charge in [-0.15, -0.1) is 0 Å². The van der Waals surface area contributed by atoms with E-state index in [0.29, 0.717) is 17.8 Å². The van der Waals surface area contributed by atoms with Crippen molar-refractivity contribution in [2.45, 2.75) is 4.90 Å². The lowest BCUT2D eigenvalue weighted by Gasteiger charge is -2.11. The van der Waals surface area contributed by atoms with Gasteiger partial charge in [-0.2, -0.15) is 5.26 Å². The number of sulfonamides is 1. The molecule has 0 aliphatic carbocycles. The summed E-state index contributed by atoms with van der Waals surface area (Å²) in [6.07, 6.45) is 0. The van der Waals surface area contributed by atoms with Gasteiger partial charge in [0.1, 0.15) is 11.8 Å². The van der Waals surface area contributed by atoms with Crippen LogP contribution in [0.1, 0.15) is 5.69 Å². The van der Waals surface area contributed by atoms with Gasteiger partial charge in [-0.25, -0.2) is 18.1 Å². The van der Waals surface area contributed by atoms with Gasteiger partial charge < -0.3 is 5.32 Å². The lowest BCUT2D eigenvalue weighted by atomic mass is 10.1. The second-order valence-corrected chi connectivity index (χ2v) is 7.09. The summed E-state index contributed by atoms with van der Waals surface area (Å²) in [6, 6.07) is 19.4. The van der Waals surface area contributed by atoms with E-state index in [-0.39, 0.29) is 11.4 Å². The number of rotatable bonds is 6. The average molecular weight is 352 g/mol. The topological polar surface area (TPSA) is 94.9 Å². The van der Waals surface area contributed by atoms with Gasteiger partial charge in [0.15, 0.2) is 0 Å². The molecule has 2 aromatic carbocycles. The quantitative estimate of drug-likeness (QED) is 0.665. The molecule has 1 heterocycles. The Labute approximate surface area is 146 Å². The van der Waals surface area contributed by atoms with E-state index in [2.05, 4.69) is 15.0 Å². The van der Waals surface area contributed by atoms with Crippen LogP contribution >= 0.6 is 0 Å². The Morgan fingerprint density at radius 3 is 2.48 bits per heavy atom. The minimum Gasteiger partial charge on any atom is -0.383 e. The molecule has 0 spiro atoms. The summed E-state index contributed by atoms with van der Waals surface area (Å²) < 4.78 is 26.9. The molecule has 126 valence electrons. The molecular formula is C18H16N4O2S. The van der Waals surface area contributed by atoms with Crippen molar-refractivity contribution in [1.29, 1.82) is 5.26 Å². The summed E-state index contributed by atoms with van der Waals surface area (Å²) in [6.45, 7) is 0.598. The van der Waals surface area contributed by atoms with Crippen LogP contribution in [0, 0.1) is 11.3 Å². The molecule has 6 nitrogen and oxygen atoms in total. The fraction of sp³-hybridized carbons (Fsp3) is 0.111. The molecule has 0 bridgehead atoms. The highest BCUT2D eigenvalue weighted by Gasteiger charge is 2.12. The Hall–Kier alpha value is -2.95. The van der Waals surface area contributed by atoms with Crippen LogP contribution in [0.25, 0.3) is 10.9 Å². The molecule has 0 fully saturated rings. The molecule has 0 atom stereocenters. The zero-order valence-corrected chi connectivity index (χ0v) is 14.1. The van der Waals surface area contributed by atoms with E-state index >= 15 is 0 Å². The van der Waals surface area contributed by atoms with Crippen LogP contribution in [0.3, 0.4) is 0 Å². The number of nitriles is 1. The first-order chi connectivity index (χ1) is 12.1. The van der Waals surface area contributed by atoms with Gasteiger partial charge in [-0.05, 0) is 24.3 Å². The number of nitrogens with one attached hydrogen (secondary N) is 2. The molecule has 3 aromatic rings. The lowest BCUT2D eigenvalue weighted by molar-refractivity contribution is 0.583. The van der Waals surface area contributed by atoms with E-state index in [4.69, 9.17) is 5.26 Å². The zero-order valence-electron chi connectivity index (χ0n) is 13.3. The van der Waals surface area contributed by atoms with Gasteiger partial charge in [0.25, 0.3) is 0 Å². The van der Waals surface area contributed by atoms with E-state index in [1.54, 1.807) is 36.4 Å². The van der Waals surface area contributed by atoms with Crippen LogP contribution in [-0.4, -0.2) is 26.5 Å². The van der Waals surface area contributed by atoms with E-state index < -0.39 is 10.0 Å². The van der Waals surface area contributed by atoms with Crippen LogP contribution < -0.4 is 10.0 Å². The predicted molar refractivity (Wildman–Crippen MR) is 96.6 cm³/mol. The molecule has 1 aromatic heterocycles. The molecule has 0 radical (unpaired) electrons. The van der Waals surface area contributed by atoms with E-state index in [0.717, 1.165) is 11.1 Å². The highest BCUT2D eigenvalue weighted by molar-refractivity contribution is 7.89. The van der Waals surface area contributed by atoms with Crippen LogP contribution in [0.5, 0.6) is 0 Å². The van der Waals surface area contributed by atoms with Crippen LogP contribution in [0.4, 0.5) is 5.69 Å². The number of hydrogen-bond donors (Lipinski definition) is 2. The molecule has 0 saturated heterocycles. The minimum atomic E-state index is -3.52. The number of fused-ring (bicyclic) bond motifs is 1. The number of pyridine rings is 1. The predicted octanol–water partition coefficient (Wildman–Crippen LogP) is 2.50. The molecule has 3 rings (SSSR count). The van der Waals surface area contributed by atoms with Crippen molar-refractivity contribution in [1.82, 2.24) is 9.71 Å². The maximum Gasteiger partial charge on any atom is 0.240 e. The monoisotopic (exact) mass is 352 g/mol. The molecule has 7 heteroatoms. The molecule has 0 saturated carbocycles. The van der Waals surface area contributed by atoms with Crippen molar-refractivity contribution in [2.75, 3.05) is 18.4 Å². The van der Waals surface area contributed by atoms with E-state index in [9.17, 15) is 8.42 Å². The number of hydrogen-bond acceptors (Lipinski definition) is 5. The molecule has 0 unspecified atom stereocenters. The number of nitrogens with zero attached hydrogens (tertiary/aromatic N) is 2. The third kappa shape index (κ3) is 3.94. The Morgan fingerprint density at radius 2 is 1.72 bits per heavy atom. The SMILES string of the molecule is N#Cc1cc(NCCNS(=O)(=O)c2ccccc2)c2ccccc2n1. The third-order valence-corrected chi connectivity index (χ3v) is 5.09. The van der Waals surface area contributed by atoms with Gasteiger partial charge in [-0.1, -0.05) is 36.4 Å². The van der Waals surface area contributed by atoms with Gasteiger partial charge in [0, 0.05) is 24.2 Å². The summed E-state index contributed by atoms with van der Waals surface area (Å²) in [7, 11) is -3.52. The first-order valence-electron chi connectivity index (χ1n) is 7.68. The van der Waals surface area contributed by atoms with Crippen molar-refractivity contribution in [2.24, 2.45) is 0 Å². The van der Waals surface area contributed by atoms with Gasteiger partial charge in [0.2, 0.25) is 10.0 Å². The normalized spacial score (nSPS) is 11.2. The first kappa shape index (κ1) is 16.9. The van der Waals surface area contributed by atoms with Crippen molar-refractivity contribution < 1.29 is 8.42 Å². The van der Waals surface area contributed by atoms with Crippen molar-refractivity contribution in [3.8, 4) is 6.07 Å². The molecule has 0 aliphatic rings. The Kier molecular flexibility index (Phi) is 4.93. The van der Waals surface area contributed by atoms with Crippen molar-refractivity contribution >= 4 is 26.6 Å². The van der Waals surface area contributed by atoms with Gasteiger partial charge >= 0.3 is 0 Å². The maximum atomic E-state index is 12.2. The highest BCUT2D eigenvalue weighted by Crippen LogP contribution is 2.22. The zero-order chi connectivity index (χ0) is 17.7. The standard InChI is InChI=1S/C18H16N4O2S/c19-13-14-12-18(16-8-4-5-9-17(16)22-14)20-10-11-21-25(23,24)15-6-2-1-3-7-15/h1-9,12,21H,10-11H2,(H,20,22). The summed E-state index contributed by atoms with van der Waals surface area (Å²) in [5.41, 5.74) is 1.78. The van der Waals surface area contributed by atoms with Gasteiger partial charge in [-0.3, -0.25) is 0 Å². The van der Waals surface area contributed by atoms with E-state index in [1.807, 2.05) is 30.3 Å². The fourth-order valence-corrected chi connectivity index (χ4v) is 3.50. The van der Waals surface area contributed by atoms with Crippen molar-refractivity contribution in [3.63, 3.8) is 0 Å². The molecule has 2 N–H and O–H groups in total. The molecule has 25 heavy (non-hydrogen) atoms. The molecular weight excluding hydrogens is 336 g/mol. The van der Waals surface area contributed by atoms with E-state index in [1.165, 1.54) is 0 Å². The number of anilines is 1. The van der Waals surface area contributed by atoms with Gasteiger partial charge in [0.05, 0.1) is 10.4 Å². The summed E-state index contributed by atoms with van der Waals surface area (Å²) in [4.78, 5) is 4.48. The second kappa shape index (κ2) is 7.30. The number of para-hydroxylation sites is 1. The van der Waals surface area contributed by atoms with Crippen molar-refractivity contribution in [3.05, 3.63) is 66.4 Å². The molecule has 0 amide bonds. The largest absolute Gasteiger partial charge is 0.383 e. The smallest absolute Gasteiger partial charge is 0.240 e. The van der Waals surface area contributed by atoms with Crippen LogP contribution in [-0.2, 0) is 10.0 Å². The summed E-state index contributed by atoms with van der Waals surface area (Å²) in [5, 5.41) is 13.1. The Bertz CT molecular complexity index is 1030. The fourth-order valence-electron chi connectivity index (χ4n) is 2.44. The number of benzene rings is 2. The van der Waals surface area contributed by atoms with Crippen LogP contribution in [0.2, 0.25) is 0 Å². The first-order valence-corrected chi connectivity index (χ1v) is 9.17.